The van der Waals surface area contributed by atoms with Crippen LogP contribution in [0.5, 0.6) is 0 Å². The first kappa shape index (κ1) is 20.2. The van der Waals surface area contributed by atoms with Gasteiger partial charge in [-0.1, -0.05) is 0 Å². The number of aldehydes is 1. The summed E-state index contributed by atoms with van der Waals surface area (Å²) in [5.41, 5.74) is 2.24. The van der Waals surface area contributed by atoms with Crippen molar-refractivity contribution in [1.29, 1.82) is 5.26 Å². The smallest absolute Gasteiger partial charge is 0.339 e. The van der Waals surface area contributed by atoms with E-state index in [-0.39, 0.29) is 11.5 Å². The minimum absolute atomic E-state index is 0.102. The van der Waals surface area contributed by atoms with Gasteiger partial charge in [0.25, 0.3) is 0 Å². The average Bonchev–Trinajstić information content (AvgIpc) is 3.26. The van der Waals surface area contributed by atoms with E-state index in [2.05, 4.69) is 15.9 Å². The minimum Gasteiger partial charge on any atom is -0.423 e. The van der Waals surface area contributed by atoms with Crippen LogP contribution >= 0.6 is 27.3 Å². The van der Waals surface area contributed by atoms with Gasteiger partial charge in [-0.25, -0.2) is 9.18 Å². The Kier molecular flexibility index (Phi) is 6.55. The lowest BCUT2D eigenvalue weighted by Gasteiger charge is -2.09. The Morgan fingerprint density at radius 1 is 1.21 bits per heavy atom. The highest BCUT2D eigenvalue weighted by molar-refractivity contribution is 9.10. The SMILES string of the molecule is N#Cc1cc(C=O)ccc1F.O=C1OC(=Cc2cc(Br)cs2)C2=C1CCCC2. The first-order chi connectivity index (χ1) is 13.5. The van der Waals surface area contributed by atoms with Gasteiger partial charge in [0.05, 0.1) is 5.56 Å². The van der Waals surface area contributed by atoms with Crippen LogP contribution in [-0.2, 0) is 9.53 Å². The van der Waals surface area contributed by atoms with E-state index >= 15 is 0 Å². The van der Waals surface area contributed by atoms with Crippen LogP contribution in [0.3, 0.4) is 0 Å². The molecule has 0 saturated heterocycles. The molecule has 0 radical (unpaired) electrons. The fourth-order valence-electron chi connectivity index (χ4n) is 2.98. The molecule has 2 aliphatic rings. The van der Waals surface area contributed by atoms with Gasteiger partial charge in [-0.05, 0) is 72.0 Å². The van der Waals surface area contributed by atoms with Crippen molar-refractivity contribution in [1.82, 2.24) is 0 Å². The lowest BCUT2D eigenvalue weighted by molar-refractivity contribution is -0.133. The van der Waals surface area contributed by atoms with E-state index in [0.717, 1.165) is 58.0 Å². The molecule has 4 rings (SSSR count). The van der Waals surface area contributed by atoms with Crippen molar-refractivity contribution in [3.05, 3.63) is 72.8 Å². The maximum absolute atomic E-state index is 12.6. The number of carbonyl (C=O) groups excluding carboxylic acids is 2. The van der Waals surface area contributed by atoms with E-state index in [1.54, 1.807) is 17.4 Å². The number of thiophene rings is 1. The van der Waals surface area contributed by atoms with Gasteiger partial charge in [-0.2, -0.15) is 5.26 Å². The van der Waals surface area contributed by atoms with Crippen molar-refractivity contribution < 1.29 is 18.7 Å². The minimum atomic E-state index is -0.599. The summed E-state index contributed by atoms with van der Waals surface area (Å²) in [5.74, 6) is 0.0266. The molecule has 0 unspecified atom stereocenters. The highest BCUT2D eigenvalue weighted by atomic mass is 79.9. The normalized spacial score (nSPS) is 16.8. The Labute approximate surface area is 174 Å². The maximum atomic E-state index is 12.6. The quantitative estimate of drug-likeness (QED) is 0.421. The summed E-state index contributed by atoms with van der Waals surface area (Å²) in [7, 11) is 0. The molecule has 0 fully saturated rings. The predicted octanol–water partition coefficient (Wildman–Crippen LogP) is 5.79. The number of nitriles is 1. The van der Waals surface area contributed by atoms with Crippen molar-refractivity contribution in [2.45, 2.75) is 25.7 Å². The van der Waals surface area contributed by atoms with Gasteiger partial charge >= 0.3 is 5.97 Å². The number of nitrogens with zero attached hydrogens (tertiary/aromatic N) is 1. The number of halogens is 2. The van der Waals surface area contributed by atoms with Crippen molar-refractivity contribution >= 4 is 45.6 Å². The zero-order valence-corrected chi connectivity index (χ0v) is 17.1. The van der Waals surface area contributed by atoms with Crippen LogP contribution in [0, 0.1) is 17.1 Å². The molecule has 1 aromatic carbocycles. The van der Waals surface area contributed by atoms with Crippen molar-refractivity contribution in [3.8, 4) is 6.07 Å². The van der Waals surface area contributed by atoms with Crippen LogP contribution in [0.15, 0.2) is 51.0 Å². The average molecular weight is 460 g/mol. The molecule has 2 aromatic rings. The lowest BCUT2D eigenvalue weighted by atomic mass is 9.92. The second kappa shape index (κ2) is 9.09. The molecule has 0 saturated carbocycles. The summed E-state index contributed by atoms with van der Waals surface area (Å²) in [6.45, 7) is 0. The summed E-state index contributed by atoms with van der Waals surface area (Å²) in [6.07, 6.45) is 6.65. The number of carbonyl (C=O) groups is 2. The molecule has 0 spiro atoms. The third-order valence-electron chi connectivity index (χ3n) is 4.32. The largest absolute Gasteiger partial charge is 0.423 e. The van der Waals surface area contributed by atoms with E-state index in [9.17, 15) is 14.0 Å². The predicted molar refractivity (Wildman–Crippen MR) is 108 cm³/mol. The van der Waals surface area contributed by atoms with Gasteiger partial charge < -0.3 is 4.74 Å². The van der Waals surface area contributed by atoms with Crippen molar-refractivity contribution in [3.63, 3.8) is 0 Å². The zero-order chi connectivity index (χ0) is 20.1. The van der Waals surface area contributed by atoms with Gasteiger partial charge in [0.2, 0.25) is 0 Å². The van der Waals surface area contributed by atoms with Gasteiger partial charge in [0, 0.05) is 31.4 Å². The molecular formula is C21H15BrFNO3S. The van der Waals surface area contributed by atoms with Crippen LogP contribution in [0.2, 0.25) is 0 Å². The molecule has 1 aromatic heterocycles. The van der Waals surface area contributed by atoms with Crippen LogP contribution in [0.4, 0.5) is 4.39 Å². The van der Waals surface area contributed by atoms with Crippen LogP contribution < -0.4 is 0 Å². The molecule has 0 bridgehead atoms. The highest BCUT2D eigenvalue weighted by Crippen LogP contribution is 2.38. The Morgan fingerprint density at radius 3 is 2.61 bits per heavy atom. The molecule has 0 N–H and O–H groups in total. The number of allylic oxidation sites excluding steroid dienone is 1. The van der Waals surface area contributed by atoms with E-state index in [1.165, 1.54) is 12.1 Å². The van der Waals surface area contributed by atoms with E-state index in [1.807, 2.05) is 17.5 Å². The Bertz CT molecular complexity index is 1030. The summed E-state index contributed by atoms with van der Waals surface area (Å²) >= 11 is 5.06. The van der Waals surface area contributed by atoms with E-state index < -0.39 is 5.82 Å². The van der Waals surface area contributed by atoms with E-state index in [4.69, 9.17) is 10.00 Å². The number of hydrogen-bond donors (Lipinski definition) is 0. The van der Waals surface area contributed by atoms with E-state index in [0.29, 0.717) is 11.8 Å². The number of benzene rings is 1. The second-order valence-corrected chi connectivity index (χ2v) is 8.06. The second-order valence-electron chi connectivity index (χ2n) is 6.20. The number of hydrogen-bond acceptors (Lipinski definition) is 5. The summed E-state index contributed by atoms with van der Waals surface area (Å²) in [4.78, 5) is 23.0. The highest BCUT2D eigenvalue weighted by Gasteiger charge is 2.31. The topological polar surface area (TPSA) is 67.2 Å². The molecule has 0 atom stereocenters. The van der Waals surface area contributed by atoms with Gasteiger partial charge in [0.1, 0.15) is 23.9 Å². The van der Waals surface area contributed by atoms with Crippen molar-refractivity contribution in [2.24, 2.45) is 0 Å². The van der Waals surface area contributed by atoms with Gasteiger partial charge in [-0.3, -0.25) is 4.79 Å². The number of cyclic esters (lactones) is 1. The first-order valence-electron chi connectivity index (χ1n) is 8.57. The molecule has 28 heavy (non-hydrogen) atoms. The number of ether oxygens (including phenoxy) is 1. The molecule has 142 valence electrons. The molecule has 7 heteroatoms. The fraction of sp³-hybridized carbons (Fsp3) is 0.190. The molecule has 4 nitrogen and oxygen atoms in total. The Hall–Kier alpha value is -2.56. The van der Waals surface area contributed by atoms with Crippen LogP contribution in [0.25, 0.3) is 6.08 Å². The molecule has 1 aliphatic carbocycles. The number of rotatable bonds is 2. The fourth-order valence-corrected chi connectivity index (χ4v) is 4.34. The summed E-state index contributed by atoms with van der Waals surface area (Å²) < 4.78 is 19.0. The molecular weight excluding hydrogens is 445 g/mol. The monoisotopic (exact) mass is 459 g/mol. The Balaban J connectivity index is 0.000000178. The molecule has 2 heterocycles. The summed E-state index contributed by atoms with van der Waals surface area (Å²) in [6, 6.07) is 7.30. The molecule has 1 aliphatic heterocycles. The summed E-state index contributed by atoms with van der Waals surface area (Å²) in [5, 5.41) is 10.4. The molecule has 0 amide bonds. The third-order valence-corrected chi connectivity index (χ3v) is 5.96. The standard InChI is InChI=1S/C13H11BrO2S.C8H4FNO/c14-8-5-9(17-7-8)6-12-10-3-1-2-4-11(10)13(15)16-12;9-8-2-1-6(5-11)3-7(8)4-10/h5-7H,1-4H2;1-3,5H. The van der Waals surface area contributed by atoms with Gasteiger partial charge in [0.15, 0.2) is 0 Å². The van der Waals surface area contributed by atoms with Gasteiger partial charge in [-0.15, -0.1) is 11.3 Å². The Morgan fingerprint density at radius 2 is 1.96 bits per heavy atom. The zero-order valence-electron chi connectivity index (χ0n) is 14.7. The number of esters is 1. The van der Waals surface area contributed by atoms with Crippen LogP contribution in [-0.4, -0.2) is 12.3 Å². The van der Waals surface area contributed by atoms with Crippen molar-refractivity contribution in [2.75, 3.05) is 0 Å². The van der Waals surface area contributed by atoms with Crippen LogP contribution in [0.1, 0.15) is 46.5 Å². The lowest BCUT2D eigenvalue weighted by Crippen LogP contribution is -2.01. The third kappa shape index (κ3) is 4.64. The maximum Gasteiger partial charge on any atom is 0.339 e. The first-order valence-corrected chi connectivity index (χ1v) is 10.2.